The largest absolute Gasteiger partial charge is 0.323 e. The molecular weight excluding hydrogens is 246 g/mol. The van der Waals surface area contributed by atoms with Crippen molar-refractivity contribution in [2.75, 3.05) is 11.6 Å². The molecule has 3 N–H and O–H groups in total. The van der Waals surface area contributed by atoms with Crippen LogP contribution in [-0.2, 0) is 0 Å². The van der Waals surface area contributed by atoms with Crippen LogP contribution in [0.4, 0.5) is 5.69 Å². The molecule has 0 saturated carbocycles. The van der Waals surface area contributed by atoms with Crippen LogP contribution in [-0.4, -0.2) is 12.6 Å². The first-order chi connectivity index (χ1) is 9.59. The summed E-state index contributed by atoms with van der Waals surface area (Å²) >= 11 is 0. The number of hydrogen-bond acceptors (Lipinski definition) is 3. The Hall–Kier alpha value is -2.00. The first kappa shape index (κ1) is 13.0. The van der Waals surface area contributed by atoms with Gasteiger partial charge in [-0.15, -0.1) is 0 Å². The number of benzene rings is 1. The molecule has 0 saturated heterocycles. The molecule has 104 valence electrons. The Balaban J connectivity index is 1.79. The van der Waals surface area contributed by atoms with Crippen LogP contribution < -0.4 is 16.2 Å². The lowest BCUT2D eigenvalue weighted by Gasteiger charge is -2.36. The SMILES string of the molecule is CC1=CC(N)C(C)(C2=CCN(c3ccccc3)N2)C=C1. The van der Waals surface area contributed by atoms with Gasteiger partial charge in [0.2, 0.25) is 0 Å². The number of para-hydroxylation sites is 1. The van der Waals surface area contributed by atoms with Crippen molar-refractivity contribution >= 4 is 5.69 Å². The molecule has 20 heavy (non-hydrogen) atoms. The highest BCUT2D eigenvalue weighted by Crippen LogP contribution is 2.36. The summed E-state index contributed by atoms with van der Waals surface area (Å²) in [7, 11) is 0. The van der Waals surface area contributed by atoms with Crippen LogP contribution in [0.15, 0.2) is 65.9 Å². The Morgan fingerprint density at radius 1 is 1.30 bits per heavy atom. The number of allylic oxidation sites excluding steroid dienone is 2. The number of nitrogens with zero attached hydrogens (tertiary/aromatic N) is 1. The molecule has 1 aromatic rings. The molecule has 0 aromatic heterocycles. The van der Waals surface area contributed by atoms with E-state index in [-0.39, 0.29) is 11.5 Å². The summed E-state index contributed by atoms with van der Waals surface area (Å²) < 4.78 is 0. The van der Waals surface area contributed by atoms with Crippen molar-refractivity contribution in [1.29, 1.82) is 0 Å². The summed E-state index contributed by atoms with van der Waals surface area (Å²) in [6.45, 7) is 5.13. The summed E-state index contributed by atoms with van der Waals surface area (Å²) in [6.07, 6.45) is 8.72. The summed E-state index contributed by atoms with van der Waals surface area (Å²) in [4.78, 5) is 0. The van der Waals surface area contributed by atoms with Gasteiger partial charge in [0, 0.05) is 17.2 Å². The maximum Gasteiger partial charge on any atom is 0.0595 e. The normalized spacial score (nSPS) is 28.9. The quantitative estimate of drug-likeness (QED) is 0.865. The van der Waals surface area contributed by atoms with Crippen LogP contribution in [0.25, 0.3) is 0 Å². The zero-order chi connectivity index (χ0) is 14.2. The molecule has 0 radical (unpaired) electrons. The van der Waals surface area contributed by atoms with Crippen molar-refractivity contribution in [3.63, 3.8) is 0 Å². The van der Waals surface area contributed by atoms with Crippen LogP contribution in [0.3, 0.4) is 0 Å². The molecule has 3 rings (SSSR count). The molecule has 2 aliphatic rings. The minimum absolute atomic E-state index is 0.00183. The molecule has 0 fully saturated rings. The molecule has 2 unspecified atom stereocenters. The second-order valence-electron chi connectivity index (χ2n) is 5.73. The highest BCUT2D eigenvalue weighted by molar-refractivity contribution is 5.50. The highest BCUT2D eigenvalue weighted by atomic mass is 15.5. The number of hydrazine groups is 1. The van der Waals surface area contributed by atoms with Crippen molar-refractivity contribution in [2.24, 2.45) is 11.1 Å². The fourth-order valence-electron chi connectivity index (χ4n) is 2.73. The molecule has 1 aliphatic heterocycles. The van der Waals surface area contributed by atoms with Gasteiger partial charge in [0.1, 0.15) is 0 Å². The standard InChI is InChI=1S/C17H21N3/c1-13-8-10-17(2,15(18)12-13)16-9-11-20(19-16)14-6-4-3-5-7-14/h3-10,12,15,19H,11,18H2,1-2H3. The first-order valence-corrected chi connectivity index (χ1v) is 7.03. The molecule has 0 bridgehead atoms. The minimum atomic E-state index is -0.164. The van der Waals surface area contributed by atoms with Crippen LogP contribution in [0.1, 0.15) is 13.8 Å². The van der Waals surface area contributed by atoms with Crippen LogP contribution in [0.5, 0.6) is 0 Å². The summed E-state index contributed by atoms with van der Waals surface area (Å²) in [6, 6.07) is 10.3. The Morgan fingerprint density at radius 3 is 2.75 bits per heavy atom. The summed E-state index contributed by atoms with van der Waals surface area (Å²) in [5.74, 6) is 0. The average molecular weight is 267 g/mol. The molecule has 0 amide bonds. The minimum Gasteiger partial charge on any atom is -0.323 e. The lowest BCUT2D eigenvalue weighted by atomic mass is 9.75. The third kappa shape index (κ3) is 2.14. The van der Waals surface area contributed by atoms with Gasteiger partial charge < -0.3 is 11.2 Å². The van der Waals surface area contributed by atoms with Crippen molar-refractivity contribution in [2.45, 2.75) is 19.9 Å². The maximum absolute atomic E-state index is 6.34. The third-order valence-corrected chi connectivity index (χ3v) is 4.21. The van der Waals surface area contributed by atoms with E-state index >= 15 is 0 Å². The molecule has 1 aliphatic carbocycles. The Bertz CT molecular complexity index is 586. The molecule has 3 heteroatoms. The topological polar surface area (TPSA) is 41.3 Å². The lowest BCUT2D eigenvalue weighted by Crippen LogP contribution is -2.45. The zero-order valence-corrected chi connectivity index (χ0v) is 12.0. The van der Waals surface area contributed by atoms with Crippen molar-refractivity contribution < 1.29 is 0 Å². The van der Waals surface area contributed by atoms with Gasteiger partial charge in [-0.3, -0.25) is 5.01 Å². The number of nitrogens with two attached hydrogens (primary N) is 1. The van der Waals surface area contributed by atoms with Crippen LogP contribution in [0, 0.1) is 5.41 Å². The van der Waals surface area contributed by atoms with E-state index in [1.54, 1.807) is 0 Å². The average Bonchev–Trinajstić information content (AvgIpc) is 2.95. The Morgan fingerprint density at radius 2 is 2.05 bits per heavy atom. The molecular formula is C17H21N3. The predicted molar refractivity (Wildman–Crippen MR) is 84.0 cm³/mol. The van der Waals surface area contributed by atoms with Crippen molar-refractivity contribution in [3.05, 3.63) is 65.9 Å². The van der Waals surface area contributed by atoms with Crippen molar-refractivity contribution in [1.82, 2.24) is 5.43 Å². The van der Waals surface area contributed by atoms with E-state index in [1.165, 1.54) is 17.0 Å². The van der Waals surface area contributed by atoms with Gasteiger partial charge in [-0.2, -0.15) is 0 Å². The van der Waals surface area contributed by atoms with Gasteiger partial charge in [0.05, 0.1) is 12.2 Å². The highest BCUT2D eigenvalue weighted by Gasteiger charge is 2.36. The van der Waals surface area contributed by atoms with Gasteiger partial charge in [0.15, 0.2) is 0 Å². The van der Waals surface area contributed by atoms with Crippen molar-refractivity contribution in [3.8, 4) is 0 Å². The third-order valence-electron chi connectivity index (χ3n) is 4.21. The molecule has 2 atom stereocenters. The number of rotatable bonds is 2. The van der Waals surface area contributed by atoms with Gasteiger partial charge in [-0.05, 0) is 32.1 Å². The molecule has 0 spiro atoms. The van der Waals surface area contributed by atoms with E-state index in [4.69, 9.17) is 5.73 Å². The second-order valence-corrected chi connectivity index (χ2v) is 5.73. The monoisotopic (exact) mass is 267 g/mol. The first-order valence-electron chi connectivity index (χ1n) is 7.03. The van der Waals surface area contributed by atoms with Crippen LogP contribution in [0.2, 0.25) is 0 Å². The Labute approximate surface area is 120 Å². The number of nitrogens with one attached hydrogen (secondary N) is 1. The number of anilines is 1. The number of hydrogen-bond donors (Lipinski definition) is 2. The van der Waals surface area contributed by atoms with E-state index < -0.39 is 0 Å². The van der Waals surface area contributed by atoms with Gasteiger partial charge >= 0.3 is 0 Å². The van der Waals surface area contributed by atoms with E-state index in [1.807, 2.05) is 6.07 Å². The van der Waals surface area contributed by atoms with Gasteiger partial charge in [-0.1, -0.05) is 42.0 Å². The van der Waals surface area contributed by atoms with Gasteiger partial charge in [0.25, 0.3) is 0 Å². The molecule has 3 nitrogen and oxygen atoms in total. The molecule has 1 heterocycles. The summed E-state index contributed by atoms with van der Waals surface area (Å²) in [5.41, 5.74) is 13.2. The van der Waals surface area contributed by atoms with E-state index in [2.05, 4.69) is 72.9 Å². The second kappa shape index (κ2) is 4.84. The zero-order valence-electron chi connectivity index (χ0n) is 12.0. The fraction of sp³-hybridized carbons (Fsp3) is 0.294. The lowest BCUT2D eigenvalue weighted by molar-refractivity contribution is 0.422. The smallest absolute Gasteiger partial charge is 0.0595 e. The van der Waals surface area contributed by atoms with Gasteiger partial charge in [-0.25, -0.2) is 0 Å². The van der Waals surface area contributed by atoms with E-state index in [0.29, 0.717) is 0 Å². The van der Waals surface area contributed by atoms with E-state index in [9.17, 15) is 0 Å². The fourth-order valence-corrected chi connectivity index (χ4v) is 2.73. The maximum atomic E-state index is 6.34. The van der Waals surface area contributed by atoms with Crippen LogP contribution >= 0.6 is 0 Å². The van der Waals surface area contributed by atoms with E-state index in [0.717, 1.165) is 6.54 Å². The Kier molecular flexibility index (Phi) is 3.14. The summed E-state index contributed by atoms with van der Waals surface area (Å²) in [5, 5.41) is 2.15. The predicted octanol–water partition coefficient (Wildman–Crippen LogP) is 2.74. The molecule has 1 aromatic carbocycles.